The Morgan fingerprint density at radius 1 is 1.05 bits per heavy atom. The molecule has 0 aliphatic carbocycles. The monoisotopic (exact) mass is 552 g/mol. The fourth-order valence-corrected chi connectivity index (χ4v) is 4.87. The Kier molecular flexibility index (Phi) is 10.4. The van der Waals surface area contributed by atoms with Gasteiger partial charge in [0.1, 0.15) is 30.4 Å². The largest absolute Gasteiger partial charge is 0.493 e. The normalized spacial score (nSPS) is 17.9. The van der Waals surface area contributed by atoms with Gasteiger partial charge in [0.15, 0.2) is 11.5 Å². The summed E-state index contributed by atoms with van der Waals surface area (Å²) in [4.78, 5) is 20.7. The number of methoxy groups -OCH3 is 2. The van der Waals surface area contributed by atoms with E-state index in [0.717, 1.165) is 24.4 Å². The first-order valence-electron chi connectivity index (χ1n) is 13.6. The van der Waals surface area contributed by atoms with Crippen LogP contribution in [0.15, 0.2) is 60.9 Å². The number of imidazole rings is 1. The number of nitrogens with zero attached hydrogens (tertiary/aromatic N) is 4. The molecule has 1 aliphatic heterocycles. The quantitative estimate of drug-likeness (QED) is 0.324. The number of rotatable bonds is 13. The average molecular weight is 553 g/mol. The Hall–Kier alpha value is -3.60. The number of aryl methyl sites for hydroxylation is 2. The maximum atomic E-state index is 12.7. The fraction of sp³-hybridized carbons (Fsp3) is 0.467. The molecule has 0 spiro atoms. The van der Waals surface area contributed by atoms with E-state index in [9.17, 15) is 9.90 Å². The van der Waals surface area contributed by atoms with Gasteiger partial charge in [-0.3, -0.25) is 9.69 Å². The van der Waals surface area contributed by atoms with Gasteiger partial charge in [-0.05, 0) is 43.2 Å². The van der Waals surface area contributed by atoms with Gasteiger partial charge in [0.2, 0.25) is 5.91 Å². The van der Waals surface area contributed by atoms with Crippen LogP contribution in [0.2, 0.25) is 0 Å². The first-order valence-corrected chi connectivity index (χ1v) is 13.6. The second kappa shape index (κ2) is 14.2. The summed E-state index contributed by atoms with van der Waals surface area (Å²) in [6, 6.07) is 15.3. The molecule has 1 atom stereocenters. The molecule has 2 aromatic carbocycles. The van der Waals surface area contributed by atoms with Crippen LogP contribution in [0.4, 0.5) is 0 Å². The molecule has 10 heteroatoms. The number of hydrogen-bond acceptors (Lipinski definition) is 8. The minimum absolute atomic E-state index is 0.0315. The summed E-state index contributed by atoms with van der Waals surface area (Å²) in [7, 11) is 3.12. The lowest BCUT2D eigenvalue weighted by Crippen LogP contribution is -2.52. The smallest absolute Gasteiger partial charge is 0.248 e. The van der Waals surface area contributed by atoms with Crippen LogP contribution in [-0.2, 0) is 22.6 Å². The van der Waals surface area contributed by atoms with E-state index in [1.165, 1.54) is 7.11 Å². The van der Waals surface area contributed by atoms with Crippen LogP contribution in [-0.4, -0.2) is 96.2 Å². The van der Waals surface area contributed by atoms with Crippen molar-refractivity contribution < 1.29 is 28.8 Å². The first kappa shape index (κ1) is 29.4. The molecule has 2 heterocycles. The van der Waals surface area contributed by atoms with Gasteiger partial charge in [-0.1, -0.05) is 24.3 Å². The number of benzene rings is 2. The van der Waals surface area contributed by atoms with Crippen LogP contribution < -0.4 is 14.2 Å². The molecule has 1 amide bonds. The first-order chi connectivity index (χ1) is 19.4. The van der Waals surface area contributed by atoms with Crippen molar-refractivity contribution in [1.82, 2.24) is 19.4 Å². The van der Waals surface area contributed by atoms with E-state index in [4.69, 9.17) is 18.9 Å². The van der Waals surface area contributed by atoms with E-state index in [1.54, 1.807) is 18.2 Å². The van der Waals surface area contributed by atoms with Crippen LogP contribution >= 0.6 is 0 Å². The summed E-state index contributed by atoms with van der Waals surface area (Å²) < 4.78 is 24.7. The number of carbonyl (C=O) groups is 1. The molecule has 0 saturated carbocycles. The molecular weight excluding hydrogens is 512 g/mol. The number of hydrogen-bond donors (Lipinski definition) is 1. The van der Waals surface area contributed by atoms with Gasteiger partial charge < -0.3 is 33.5 Å². The summed E-state index contributed by atoms with van der Waals surface area (Å²) >= 11 is 0. The second-order valence-corrected chi connectivity index (χ2v) is 10.1. The summed E-state index contributed by atoms with van der Waals surface area (Å²) in [5.74, 6) is 2.84. The minimum atomic E-state index is -1.27. The molecular formula is C30H40N4O6. The molecule has 0 bridgehead atoms. The molecule has 4 rings (SSSR count). The highest BCUT2D eigenvalue weighted by molar-refractivity contribution is 5.77. The lowest BCUT2D eigenvalue weighted by atomic mass is 10.0. The third kappa shape index (κ3) is 8.20. The zero-order valence-corrected chi connectivity index (χ0v) is 23.6. The van der Waals surface area contributed by atoms with Crippen LogP contribution in [0.1, 0.15) is 17.8 Å². The molecule has 10 nitrogen and oxygen atoms in total. The summed E-state index contributed by atoms with van der Waals surface area (Å²) in [5.41, 5.74) is -0.252. The Labute approximate surface area is 236 Å². The summed E-state index contributed by atoms with van der Waals surface area (Å²) in [5, 5.41) is 11.6. The second-order valence-electron chi connectivity index (χ2n) is 10.1. The van der Waals surface area contributed by atoms with Gasteiger partial charge in [-0.2, -0.15) is 0 Å². The molecule has 0 radical (unpaired) electrons. The van der Waals surface area contributed by atoms with Crippen LogP contribution in [0.5, 0.6) is 17.2 Å². The minimum Gasteiger partial charge on any atom is -0.493 e. The van der Waals surface area contributed by atoms with E-state index in [0.29, 0.717) is 50.0 Å². The van der Waals surface area contributed by atoms with Crippen molar-refractivity contribution in [1.29, 1.82) is 0 Å². The molecule has 40 heavy (non-hydrogen) atoms. The summed E-state index contributed by atoms with van der Waals surface area (Å²) in [6.07, 6.45) is 4.61. The Bertz CT molecular complexity index is 1220. The van der Waals surface area contributed by atoms with Crippen LogP contribution in [0.25, 0.3) is 0 Å². The fourth-order valence-electron chi connectivity index (χ4n) is 4.87. The van der Waals surface area contributed by atoms with Crippen molar-refractivity contribution >= 4 is 5.91 Å². The van der Waals surface area contributed by atoms with Crippen molar-refractivity contribution in [2.24, 2.45) is 0 Å². The van der Waals surface area contributed by atoms with Gasteiger partial charge in [-0.15, -0.1) is 0 Å². The highest BCUT2D eigenvalue weighted by Gasteiger charge is 2.37. The predicted octanol–water partition coefficient (Wildman–Crippen LogP) is 2.77. The topological polar surface area (TPSA) is 98.5 Å². The number of carbonyl (C=O) groups excluding carboxylic acids is 1. The van der Waals surface area contributed by atoms with E-state index >= 15 is 0 Å². The van der Waals surface area contributed by atoms with Gasteiger partial charge in [-0.25, -0.2) is 4.98 Å². The number of ether oxygens (including phenoxy) is 4. The van der Waals surface area contributed by atoms with E-state index < -0.39 is 5.60 Å². The van der Waals surface area contributed by atoms with Gasteiger partial charge in [0.05, 0.1) is 20.3 Å². The highest BCUT2D eigenvalue weighted by atomic mass is 16.5. The predicted molar refractivity (Wildman–Crippen MR) is 151 cm³/mol. The molecule has 1 saturated heterocycles. The maximum absolute atomic E-state index is 12.7. The Morgan fingerprint density at radius 2 is 1.88 bits per heavy atom. The number of amides is 1. The third-order valence-corrected chi connectivity index (χ3v) is 6.92. The van der Waals surface area contributed by atoms with Crippen LogP contribution in [0.3, 0.4) is 0 Å². The van der Waals surface area contributed by atoms with Crippen molar-refractivity contribution in [2.75, 3.05) is 60.2 Å². The number of para-hydroxylation sites is 1. The van der Waals surface area contributed by atoms with Gasteiger partial charge in [0.25, 0.3) is 0 Å². The number of β-amino-alcohol motifs (C(OH)–C–C–N with tert-alkyl or cyclic N) is 1. The zero-order valence-electron chi connectivity index (χ0n) is 23.6. The van der Waals surface area contributed by atoms with Crippen LogP contribution in [0, 0.1) is 6.92 Å². The Morgan fingerprint density at radius 3 is 2.60 bits per heavy atom. The molecule has 1 unspecified atom stereocenters. The highest BCUT2D eigenvalue weighted by Crippen LogP contribution is 2.29. The maximum Gasteiger partial charge on any atom is 0.248 e. The SMILES string of the molecule is COCC(=O)N1CCN(Cc2ccc(OCCCn3ccnc3C)c(OC)c2)CC(O)(COc2ccccc2)C1. The molecule has 1 aromatic heterocycles. The number of aromatic nitrogens is 2. The molecule has 216 valence electrons. The van der Waals surface area contributed by atoms with Crippen molar-refractivity contribution in [2.45, 2.75) is 32.0 Å². The molecule has 1 fully saturated rings. The number of aliphatic hydroxyl groups is 1. The standard InChI is InChI=1S/C30H40N4O6/c1-24-31-12-14-33(24)13-7-17-39-27-11-10-25(18-28(27)38-3)19-32-15-16-34(29(35)20-37-2)22-30(36,21-32)23-40-26-8-5-4-6-9-26/h4-6,8-12,14,18,36H,7,13,15-17,19-23H2,1-3H3. The lowest BCUT2D eigenvalue weighted by molar-refractivity contribution is -0.138. The van der Waals surface area contributed by atoms with E-state index in [-0.39, 0.29) is 25.7 Å². The van der Waals surface area contributed by atoms with E-state index in [1.807, 2.05) is 61.7 Å². The third-order valence-electron chi connectivity index (χ3n) is 6.92. The zero-order chi connectivity index (χ0) is 28.4. The van der Waals surface area contributed by atoms with Crippen molar-refractivity contribution in [3.63, 3.8) is 0 Å². The molecule has 1 aliphatic rings. The van der Waals surface area contributed by atoms with E-state index in [2.05, 4.69) is 14.5 Å². The van der Waals surface area contributed by atoms with Crippen molar-refractivity contribution in [3.05, 3.63) is 72.3 Å². The van der Waals surface area contributed by atoms with Crippen molar-refractivity contribution in [3.8, 4) is 17.2 Å². The molecule has 3 aromatic rings. The van der Waals surface area contributed by atoms with Gasteiger partial charge >= 0.3 is 0 Å². The van der Waals surface area contributed by atoms with Gasteiger partial charge in [0, 0.05) is 52.2 Å². The summed E-state index contributed by atoms with van der Waals surface area (Å²) in [6.45, 7) is 5.53. The lowest BCUT2D eigenvalue weighted by Gasteiger charge is -2.33. The average Bonchev–Trinajstić information content (AvgIpc) is 3.29. The molecule has 1 N–H and O–H groups in total. The Balaban J connectivity index is 1.40.